The molecule has 23 nitrogen and oxygen atoms in total. The molecule has 1 aromatic carbocycles. The number of rotatable bonds is 29. The predicted molar refractivity (Wildman–Crippen MR) is 283 cm³/mol. The molecule has 5 aromatic rings. The molecule has 1 unspecified atom stereocenters. The largest absolute Gasteiger partial charge is 1.00 e. The number of fused-ring (bicyclic) bond motifs is 1. The van der Waals surface area contributed by atoms with Gasteiger partial charge in [0.25, 0.3) is 0 Å². The summed E-state index contributed by atoms with van der Waals surface area (Å²) in [5, 5.41) is 22.1. The van der Waals surface area contributed by atoms with Crippen LogP contribution in [0.4, 0.5) is 17.8 Å². The molecule has 75 heavy (non-hydrogen) atoms. The molecule has 2 aliphatic rings. The third-order valence-electron chi connectivity index (χ3n) is 13.7. The summed E-state index contributed by atoms with van der Waals surface area (Å²) < 4.78 is 20.0. The van der Waals surface area contributed by atoms with Crippen molar-refractivity contribution >= 4 is 40.6 Å². The van der Waals surface area contributed by atoms with Crippen molar-refractivity contribution < 1.29 is 36.2 Å². The summed E-state index contributed by atoms with van der Waals surface area (Å²) in [5.41, 5.74) is 22.2. The Kier molecular flexibility index (Phi) is 22.8. The van der Waals surface area contributed by atoms with E-state index in [2.05, 4.69) is 86.5 Å². The molecule has 2 saturated heterocycles. The van der Waals surface area contributed by atoms with Gasteiger partial charge in [0.15, 0.2) is 0 Å². The number of halogens is 1. The van der Waals surface area contributed by atoms with Crippen LogP contribution in [0.1, 0.15) is 101 Å². The molecule has 8 N–H and O–H groups in total. The fourth-order valence-corrected chi connectivity index (χ4v) is 9.18. The van der Waals surface area contributed by atoms with Crippen molar-refractivity contribution in [2.75, 3.05) is 120 Å². The third kappa shape index (κ3) is 16.3. The highest BCUT2D eigenvalue weighted by Gasteiger charge is 2.34. The number of nitrogens with zero attached hydrogens (tertiary/aromatic N) is 13. The van der Waals surface area contributed by atoms with Gasteiger partial charge in [0.05, 0.1) is 68.9 Å². The smallest absolute Gasteiger partial charge is 0.248 e. The number of hydrogen-bond donors (Lipinski definition) is 5. The number of benzene rings is 1. The molecule has 2 amide bonds. The molecular formula is C51H78ClN18O5-. The van der Waals surface area contributed by atoms with E-state index in [0.717, 1.165) is 42.3 Å². The average molecular weight is 1060 g/mol. The number of H-pyrrole nitrogens is 1. The Morgan fingerprint density at radius 2 is 1.37 bits per heavy atom. The summed E-state index contributed by atoms with van der Waals surface area (Å²) in [6, 6.07) is 8.39. The Balaban J connectivity index is 0.00000914. The first-order valence-corrected chi connectivity index (χ1v) is 26.3. The van der Waals surface area contributed by atoms with E-state index in [9.17, 15) is 9.59 Å². The standard InChI is InChI=1S/C51H78N18O5.ClH/c1-6-25-72-27-29-74-30-28-73-26-16-55-49-57-50(66-21-17-64(18-22-66)47(70)44(14-10-11-15-52)68-35-43(61-63-68)46(54)37(5)7-2)59-51(58-49)67-23-19-65(20-24-67)48(71)45(33-39-32-38-12-8-9-13-41(38)56-39)69-34-42(60-62-69)40(53)31-36(3)4;/h1,8-9,12-13,32,34-37,40,44-46,56H,7,10-11,14-31,33,52-54H2,2-5H3,(H,55,57,58,59);1H/p-1/t37?,40-,44-,45-,46-;/m0./s1. The maximum absolute atomic E-state index is 14.7. The Hall–Kier alpha value is -6.00. The predicted octanol–water partition coefficient (Wildman–Crippen LogP) is -0.122. The summed E-state index contributed by atoms with van der Waals surface area (Å²) in [7, 11) is 0. The molecule has 2 fully saturated rings. The van der Waals surface area contributed by atoms with Gasteiger partial charge < -0.3 is 73.7 Å². The van der Waals surface area contributed by atoms with Crippen LogP contribution in [0.5, 0.6) is 0 Å². The van der Waals surface area contributed by atoms with E-state index in [0.29, 0.717) is 146 Å². The van der Waals surface area contributed by atoms with Crippen molar-refractivity contribution in [3.63, 3.8) is 0 Å². The number of carbonyl (C=O) groups is 2. The number of unbranched alkanes of at least 4 members (excludes halogenated alkanes) is 1. The van der Waals surface area contributed by atoms with Crippen LogP contribution in [0.2, 0.25) is 0 Å². The van der Waals surface area contributed by atoms with E-state index in [1.807, 2.05) is 40.4 Å². The molecule has 24 heteroatoms. The molecule has 0 aliphatic carbocycles. The zero-order valence-corrected chi connectivity index (χ0v) is 44.9. The first-order valence-electron chi connectivity index (χ1n) is 26.3. The van der Waals surface area contributed by atoms with Crippen LogP contribution in [0.3, 0.4) is 0 Å². The Morgan fingerprint density at radius 1 is 0.787 bits per heavy atom. The Bertz CT molecular complexity index is 2520. The Labute approximate surface area is 446 Å². The molecule has 0 radical (unpaired) electrons. The lowest BCUT2D eigenvalue weighted by Crippen LogP contribution is -3.00. The van der Waals surface area contributed by atoms with Crippen molar-refractivity contribution in [1.82, 2.24) is 59.7 Å². The Morgan fingerprint density at radius 3 is 1.99 bits per heavy atom. The number of para-hydroxylation sites is 1. The van der Waals surface area contributed by atoms with E-state index < -0.39 is 12.1 Å². The number of aromatic nitrogens is 10. The number of terminal acetylenes is 1. The van der Waals surface area contributed by atoms with E-state index in [-0.39, 0.29) is 48.8 Å². The zero-order chi connectivity index (χ0) is 52.4. The molecule has 4 aromatic heterocycles. The van der Waals surface area contributed by atoms with Gasteiger partial charge in [-0.25, -0.2) is 9.36 Å². The van der Waals surface area contributed by atoms with Gasteiger partial charge in [-0.15, -0.1) is 16.6 Å². The highest BCUT2D eigenvalue weighted by atomic mass is 35.5. The summed E-state index contributed by atoms with van der Waals surface area (Å²) in [4.78, 5) is 55.2. The number of nitrogens with one attached hydrogen (secondary N) is 2. The second-order valence-corrected chi connectivity index (χ2v) is 19.6. The van der Waals surface area contributed by atoms with E-state index in [1.165, 1.54) is 0 Å². The van der Waals surface area contributed by atoms with Crippen molar-refractivity contribution in [2.45, 2.75) is 90.4 Å². The van der Waals surface area contributed by atoms with Gasteiger partial charge in [0, 0.05) is 76.5 Å². The summed E-state index contributed by atoms with van der Waals surface area (Å²) >= 11 is 0. The number of anilines is 3. The van der Waals surface area contributed by atoms with Gasteiger partial charge in [-0.2, -0.15) is 15.0 Å². The zero-order valence-electron chi connectivity index (χ0n) is 44.1. The third-order valence-corrected chi connectivity index (χ3v) is 13.7. The highest BCUT2D eigenvalue weighted by molar-refractivity contribution is 5.83. The number of aromatic amines is 1. The SMILES string of the molecule is C#CCOCCOCCOCCNc1nc(N2CCN(C(=O)[C@H](CCCCN)n3cc([C@@H](N)C(C)CC)nn3)CC2)nc(N2CCN(C(=O)[C@H](Cc3cc4ccccc4[nH]3)n3cc([C@@H](N)CC(C)C)nn3)CC2)n1.[Cl-]. The van der Waals surface area contributed by atoms with Crippen LogP contribution in [0.25, 0.3) is 10.9 Å². The van der Waals surface area contributed by atoms with E-state index >= 15 is 0 Å². The van der Waals surface area contributed by atoms with Crippen molar-refractivity contribution in [3.05, 3.63) is 59.8 Å². The fourth-order valence-electron chi connectivity index (χ4n) is 9.18. The lowest BCUT2D eigenvalue weighted by Gasteiger charge is -2.38. The van der Waals surface area contributed by atoms with Crippen molar-refractivity contribution in [1.29, 1.82) is 0 Å². The number of piperazine rings is 2. The van der Waals surface area contributed by atoms with Crippen molar-refractivity contribution in [2.24, 2.45) is 29.0 Å². The minimum Gasteiger partial charge on any atom is -1.00 e. The van der Waals surface area contributed by atoms with Crippen LogP contribution in [0.15, 0.2) is 42.7 Å². The van der Waals surface area contributed by atoms with Crippen LogP contribution in [0, 0.1) is 24.2 Å². The number of amides is 2. The number of carbonyl (C=O) groups excluding carboxylic acids is 2. The molecule has 2 aliphatic heterocycles. The van der Waals surface area contributed by atoms with Crippen LogP contribution >= 0.6 is 0 Å². The molecule has 0 bridgehead atoms. The first-order chi connectivity index (χ1) is 36.0. The number of nitrogens with two attached hydrogens (primary N) is 3. The maximum Gasteiger partial charge on any atom is 0.248 e. The summed E-state index contributed by atoms with van der Waals surface area (Å²) in [6.45, 7) is 15.4. The van der Waals surface area contributed by atoms with Crippen molar-refractivity contribution in [3.8, 4) is 12.3 Å². The molecule has 410 valence electrons. The second-order valence-electron chi connectivity index (χ2n) is 19.6. The topological polar surface area (TPSA) is 281 Å². The van der Waals surface area contributed by atoms with Gasteiger partial charge in [0.1, 0.15) is 18.7 Å². The normalized spacial score (nSPS) is 16.1. The lowest BCUT2D eigenvalue weighted by molar-refractivity contribution is -0.136. The molecule has 0 saturated carbocycles. The average Bonchev–Trinajstić information content (AvgIpc) is 4.21. The number of hydrogen-bond acceptors (Lipinski definition) is 18. The number of ether oxygens (including phenoxy) is 3. The van der Waals surface area contributed by atoms with Gasteiger partial charge in [0.2, 0.25) is 29.7 Å². The highest BCUT2D eigenvalue weighted by Crippen LogP contribution is 2.27. The minimum absolute atomic E-state index is 0. The summed E-state index contributed by atoms with van der Waals surface area (Å²) in [6.07, 6.45) is 13.1. The van der Waals surface area contributed by atoms with E-state index in [1.54, 1.807) is 9.36 Å². The van der Waals surface area contributed by atoms with Gasteiger partial charge in [-0.1, -0.05) is 68.7 Å². The minimum atomic E-state index is -0.656. The summed E-state index contributed by atoms with van der Waals surface area (Å²) in [5.74, 6) is 4.30. The van der Waals surface area contributed by atoms with Crippen LogP contribution in [-0.4, -0.2) is 177 Å². The van der Waals surface area contributed by atoms with Gasteiger partial charge in [-0.05, 0) is 61.6 Å². The molecule has 7 rings (SSSR count). The monoisotopic (exact) mass is 1060 g/mol. The van der Waals surface area contributed by atoms with Gasteiger partial charge >= 0.3 is 0 Å². The maximum atomic E-state index is 14.7. The lowest BCUT2D eigenvalue weighted by atomic mass is 9.98. The first kappa shape index (κ1) is 58.3. The molecule has 0 spiro atoms. The second kappa shape index (κ2) is 29.3. The van der Waals surface area contributed by atoms with Gasteiger partial charge in [-0.3, -0.25) is 9.59 Å². The molecule has 5 atom stereocenters. The molecule has 6 heterocycles. The van der Waals surface area contributed by atoms with Crippen LogP contribution < -0.4 is 44.7 Å². The van der Waals surface area contributed by atoms with E-state index in [4.69, 9.17) is 52.8 Å². The fraction of sp³-hybridized carbons (Fsp3) is 0.627. The van der Waals surface area contributed by atoms with Crippen LogP contribution in [-0.2, 0) is 30.2 Å². The molecular weight excluding hydrogens is 980 g/mol. The quantitative estimate of drug-likeness (QED) is 0.0308.